The number of nitrogens with two attached hydrogens (primary N) is 1. The van der Waals surface area contributed by atoms with Crippen LogP contribution in [0.4, 0.5) is 0 Å². The highest BCUT2D eigenvalue weighted by Gasteiger charge is 1.98. The predicted molar refractivity (Wildman–Crippen MR) is 45.3 cm³/mol. The highest BCUT2D eigenvalue weighted by atomic mass is 15.3. The molecule has 0 spiro atoms. The number of rotatable bonds is 4. The van der Waals surface area contributed by atoms with E-state index in [1.54, 1.807) is 0 Å². The van der Waals surface area contributed by atoms with E-state index in [4.69, 9.17) is 5.73 Å². The highest BCUT2D eigenvalue weighted by Crippen LogP contribution is 1.99. The molecule has 0 aliphatic rings. The van der Waals surface area contributed by atoms with Crippen molar-refractivity contribution in [2.75, 3.05) is 6.54 Å². The molecule has 0 bridgehead atoms. The topological polar surface area (TPSA) is 43.8 Å². The lowest BCUT2D eigenvalue weighted by Crippen LogP contribution is -2.09. The molecule has 0 saturated carbocycles. The van der Waals surface area contributed by atoms with Gasteiger partial charge in [0.2, 0.25) is 0 Å². The summed E-state index contributed by atoms with van der Waals surface area (Å²) in [5.74, 6) is 0. The normalized spacial score (nSPS) is 10.4. The maximum atomic E-state index is 5.44. The lowest BCUT2D eigenvalue weighted by atomic mass is 10.3. The summed E-state index contributed by atoms with van der Waals surface area (Å²) >= 11 is 0. The molecule has 0 saturated heterocycles. The van der Waals surface area contributed by atoms with Gasteiger partial charge in [-0.25, -0.2) is 0 Å². The first-order chi connectivity index (χ1) is 5.38. The predicted octanol–water partition coefficient (Wildman–Crippen LogP) is 0.794. The van der Waals surface area contributed by atoms with E-state index in [0.29, 0.717) is 6.54 Å². The summed E-state index contributed by atoms with van der Waals surface area (Å²) in [5.41, 5.74) is 6.69. The molecule has 1 rings (SSSR count). The minimum absolute atomic E-state index is 0.704. The smallest absolute Gasteiger partial charge is 0.0492 e. The Balaban J connectivity index is 2.62. The van der Waals surface area contributed by atoms with Gasteiger partial charge in [-0.2, -0.15) is 5.10 Å². The third kappa shape index (κ3) is 2.05. The van der Waals surface area contributed by atoms with Crippen molar-refractivity contribution in [1.29, 1.82) is 0 Å². The van der Waals surface area contributed by atoms with Crippen LogP contribution >= 0.6 is 0 Å². The number of nitrogens with zero attached hydrogens (tertiary/aromatic N) is 2. The van der Waals surface area contributed by atoms with Gasteiger partial charge in [0.15, 0.2) is 0 Å². The first kappa shape index (κ1) is 8.27. The zero-order chi connectivity index (χ0) is 8.10. The number of aromatic nitrogens is 2. The van der Waals surface area contributed by atoms with Crippen LogP contribution in [0.3, 0.4) is 0 Å². The molecule has 1 aromatic heterocycles. The Morgan fingerprint density at radius 2 is 2.45 bits per heavy atom. The van der Waals surface area contributed by atoms with Gasteiger partial charge in [-0.3, -0.25) is 4.68 Å². The lowest BCUT2D eigenvalue weighted by Gasteiger charge is -2.03. The zero-order valence-corrected chi connectivity index (χ0v) is 6.95. The molecule has 0 radical (unpaired) electrons. The second-order valence-electron chi connectivity index (χ2n) is 2.58. The monoisotopic (exact) mass is 153 g/mol. The number of aryl methyl sites for hydroxylation is 1. The van der Waals surface area contributed by atoms with E-state index < -0.39 is 0 Å². The van der Waals surface area contributed by atoms with Crippen molar-refractivity contribution < 1.29 is 0 Å². The van der Waals surface area contributed by atoms with Crippen molar-refractivity contribution in [3.63, 3.8) is 0 Å². The third-order valence-corrected chi connectivity index (χ3v) is 1.64. The molecule has 0 amide bonds. The number of hydrogen-bond donors (Lipinski definition) is 1. The third-order valence-electron chi connectivity index (χ3n) is 1.64. The van der Waals surface area contributed by atoms with Crippen molar-refractivity contribution in [3.8, 4) is 0 Å². The van der Waals surface area contributed by atoms with Crippen LogP contribution in [0, 0.1) is 0 Å². The van der Waals surface area contributed by atoms with Crippen LogP contribution in [0.15, 0.2) is 12.3 Å². The van der Waals surface area contributed by atoms with Crippen LogP contribution in [0.25, 0.3) is 0 Å². The van der Waals surface area contributed by atoms with Gasteiger partial charge in [0.05, 0.1) is 0 Å². The molecule has 0 unspecified atom stereocenters. The molecule has 0 fully saturated rings. The molecule has 3 heteroatoms. The van der Waals surface area contributed by atoms with Crippen LogP contribution in [0.5, 0.6) is 0 Å². The maximum absolute atomic E-state index is 5.44. The molecule has 0 aliphatic heterocycles. The van der Waals surface area contributed by atoms with E-state index in [2.05, 4.69) is 12.0 Å². The zero-order valence-electron chi connectivity index (χ0n) is 6.95. The van der Waals surface area contributed by atoms with E-state index >= 15 is 0 Å². The van der Waals surface area contributed by atoms with Gasteiger partial charge in [0.25, 0.3) is 0 Å². The van der Waals surface area contributed by atoms with Gasteiger partial charge >= 0.3 is 0 Å². The molecular weight excluding hydrogens is 138 g/mol. The molecule has 62 valence electrons. The number of hydrogen-bond acceptors (Lipinski definition) is 2. The van der Waals surface area contributed by atoms with E-state index in [1.165, 1.54) is 5.69 Å². The van der Waals surface area contributed by atoms with Crippen molar-refractivity contribution in [2.45, 2.75) is 26.3 Å². The van der Waals surface area contributed by atoms with E-state index in [0.717, 1.165) is 19.4 Å². The molecule has 0 aliphatic carbocycles. The fraction of sp³-hybridized carbons (Fsp3) is 0.625. The van der Waals surface area contributed by atoms with Crippen LogP contribution < -0.4 is 5.73 Å². The summed E-state index contributed by atoms with van der Waals surface area (Å²) in [6.45, 7) is 3.85. The average molecular weight is 153 g/mol. The Labute approximate surface area is 67.2 Å². The molecule has 0 atom stereocenters. The van der Waals surface area contributed by atoms with Gasteiger partial charge in [-0.05, 0) is 19.0 Å². The van der Waals surface area contributed by atoms with Gasteiger partial charge in [0.1, 0.15) is 0 Å². The quantitative estimate of drug-likeness (QED) is 0.695. The van der Waals surface area contributed by atoms with Crippen molar-refractivity contribution in [2.24, 2.45) is 5.73 Å². The van der Waals surface area contributed by atoms with E-state index in [1.807, 2.05) is 16.9 Å². The second-order valence-corrected chi connectivity index (χ2v) is 2.58. The van der Waals surface area contributed by atoms with Crippen molar-refractivity contribution >= 4 is 0 Å². The molecule has 0 aromatic carbocycles. The van der Waals surface area contributed by atoms with Crippen LogP contribution in [-0.4, -0.2) is 16.3 Å². The van der Waals surface area contributed by atoms with E-state index in [9.17, 15) is 0 Å². The Bertz CT molecular complexity index is 184. The first-order valence-corrected chi connectivity index (χ1v) is 4.09. The van der Waals surface area contributed by atoms with Crippen molar-refractivity contribution in [3.05, 3.63) is 18.0 Å². The molecule has 11 heavy (non-hydrogen) atoms. The Hall–Kier alpha value is -0.830. The Kier molecular flexibility index (Phi) is 3.11. The molecule has 3 nitrogen and oxygen atoms in total. The molecule has 1 aromatic rings. The summed E-state index contributed by atoms with van der Waals surface area (Å²) in [4.78, 5) is 0. The largest absolute Gasteiger partial charge is 0.330 e. The van der Waals surface area contributed by atoms with Crippen LogP contribution in [0.2, 0.25) is 0 Å². The summed E-state index contributed by atoms with van der Waals surface area (Å²) < 4.78 is 2.02. The fourth-order valence-corrected chi connectivity index (χ4v) is 1.13. The van der Waals surface area contributed by atoms with Gasteiger partial charge in [-0.1, -0.05) is 6.92 Å². The molecular formula is C8H15N3. The van der Waals surface area contributed by atoms with Crippen LogP contribution in [0.1, 0.15) is 19.0 Å². The maximum Gasteiger partial charge on any atom is 0.0492 e. The Morgan fingerprint density at radius 1 is 1.64 bits per heavy atom. The SMILES string of the molecule is CCCn1nccc1CCN. The minimum Gasteiger partial charge on any atom is -0.330 e. The summed E-state index contributed by atoms with van der Waals surface area (Å²) in [6, 6.07) is 2.03. The standard InChI is InChI=1S/C8H15N3/c1-2-7-11-8(3-5-9)4-6-10-11/h4,6H,2-3,5,7,9H2,1H3. The molecule has 2 N–H and O–H groups in total. The summed E-state index contributed by atoms with van der Waals surface area (Å²) in [6.07, 6.45) is 3.89. The Morgan fingerprint density at radius 3 is 3.09 bits per heavy atom. The average Bonchev–Trinajstić information content (AvgIpc) is 2.39. The first-order valence-electron chi connectivity index (χ1n) is 4.09. The van der Waals surface area contributed by atoms with Crippen molar-refractivity contribution in [1.82, 2.24) is 9.78 Å². The van der Waals surface area contributed by atoms with Gasteiger partial charge < -0.3 is 5.73 Å². The van der Waals surface area contributed by atoms with Gasteiger partial charge in [-0.15, -0.1) is 0 Å². The summed E-state index contributed by atoms with van der Waals surface area (Å²) in [5, 5.41) is 4.19. The summed E-state index contributed by atoms with van der Waals surface area (Å²) in [7, 11) is 0. The fourth-order valence-electron chi connectivity index (χ4n) is 1.13. The van der Waals surface area contributed by atoms with Gasteiger partial charge in [0, 0.05) is 24.9 Å². The van der Waals surface area contributed by atoms with E-state index in [-0.39, 0.29) is 0 Å². The lowest BCUT2D eigenvalue weighted by molar-refractivity contribution is 0.573. The minimum atomic E-state index is 0.704. The second kappa shape index (κ2) is 4.13. The van der Waals surface area contributed by atoms with Crippen LogP contribution in [-0.2, 0) is 13.0 Å². The highest BCUT2D eigenvalue weighted by molar-refractivity contribution is 5.00. The molecule has 1 heterocycles.